The largest absolute Gasteiger partial charge is 0.341 e. The van der Waals surface area contributed by atoms with Crippen molar-refractivity contribution in [2.45, 2.75) is 39.3 Å². The highest BCUT2D eigenvalue weighted by atomic mass is 16.2. The Labute approximate surface area is 158 Å². The molecule has 1 aliphatic rings. The minimum atomic E-state index is -0.193. The van der Waals surface area contributed by atoms with Gasteiger partial charge in [0.05, 0.1) is 11.6 Å². The Kier molecular flexibility index (Phi) is 4.89. The molecule has 0 saturated carbocycles. The molecule has 4 heterocycles. The van der Waals surface area contributed by atoms with Gasteiger partial charge in [0.1, 0.15) is 5.82 Å². The summed E-state index contributed by atoms with van der Waals surface area (Å²) in [6.07, 6.45) is 3.48. The van der Waals surface area contributed by atoms with Gasteiger partial charge in [-0.3, -0.25) is 4.79 Å². The molecular weight excluding hydrogens is 342 g/mol. The topological polar surface area (TPSA) is 89.1 Å². The number of rotatable bonds is 5. The lowest BCUT2D eigenvalue weighted by molar-refractivity contribution is 0.0923. The summed E-state index contributed by atoms with van der Waals surface area (Å²) in [6, 6.07) is 7.36. The number of hydrogen-bond donors (Lipinski definition) is 2. The van der Waals surface area contributed by atoms with E-state index in [4.69, 9.17) is 0 Å². The third-order valence-electron chi connectivity index (χ3n) is 4.82. The third kappa shape index (κ3) is 3.71. The van der Waals surface area contributed by atoms with Gasteiger partial charge in [0, 0.05) is 32.3 Å². The van der Waals surface area contributed by atoms with Crippen molar-refractivity contribution in [3.05, 3.63) is 47.8 Å². The minimum absolute atomic E-state index is 0.187. The molecule has 1 atom stereocenters. The summed E-state index contributed by atoms with van der Waals surface area (Å²) in [6.45, 7) is 6.89. The molecule has 1 aliphatic heterocycles. The van der Waals surface area contributed by atoms with Crippen LogP contribution in [0.4, 0.5) is 0 Å². The van der Waals surface area contributed by atoms with Crippen molar-refractivity contribution in [2.24, 2.45) is 5.92 Å². The lowest BCUT2D eigenvalue weighted by Gasteiger charge is -2.20. The van der Waals surface area contributed by atoms with E-state index < -0.39 is 0 Å². The maximum Gasteiger partial charge on any atom is 0.272 e. The summed E-state index contributed by atoms with van der Waals surface area (Å²) in [5, 5.41) is 19.7. The van der Waals surface area contributed by atoms with E-state index >= 15 is 0 Å². The van der Waals surface area contributed by atoms with E-state index in [0.717, 1.165) is 49.6 Å². The first-order valence-corrected chi connectivity index (χ1v) is 9.50. The monoisotopic (exact) mass is 367 g/mol. The van der Waals surface area contributed by atoms with Gasteiger partial charge < -0.3 is 15.2 Å². The highest BCUT2D eigenvalue weighted by Crippen LogP contribution is 2.22. The summed E-state index contributed by atoms with van der Waals surface area (Å²) in [5.74, 6) is 2.03. The molecule has 0 spiro atoms. The molecule has 2 N–H and O–H groups in total. The number of aromatic nitrogens is 5. The number of pyridine rings is 1. The van der Waals surface area contributed by atoms with Gasteiger partial charge in [-0.15, -0.1) is 10.2 Å². The third-order valence-corrected chi connectivity index (χ3v) is 4.82. The van der Waals surface area contributed by atoms with Crippen LogP contribution in [0.15, 0.2) is 30.5 Å². The van der Waals surface area contributed by atoms with Crippen molar-refractivity contribution < 1.29 is 4.79 Å². The summed E-state index contributed by atoms with van der Waals surface area (Å²) >= 11 is 0. The smallest absolute Gasteiger partial charge is 0.272 e. The number of hydrogen-bond acceptors (Lipinski definition) is 5. The Balaban J connectivity index is 1.61. The highest BCUT2D eigenvalue weighted by Gasteiger charge is 2.25. The Morgan fingerprint density at radius 2 is 2.19 bits per heavy atom. The molecule has 0 saturated heterocycles. The molecule has 0 bridgehead atoms. The fourth-order valence-electron chi connectivity index (χ4n) is 3.53. The summed E-state index contributed by atoms with van der Waals surface area (Å²) in [7, 11) is 0. The van der Waals surface area contributed by atoms with Gasteiger partial charge in [0.2, 0.25) is 0 Å². The summed E-state index contributed by atoms with van der Waals surface area (Å²) in [4.78, 5) is 12.9. The van der Waals surface area contributed by atoms with Crippen LogP contribution in [0.25, 0.3) is 5.52 Å². The molecule has 3 aromatic rings. The van der Waals surface area contributed by atoms with E-state index in [9.17, 15) is 4.79 Å². The minimum Gasteiger partial charge on any atom is -0.341 e. The first kappa shape index (κ1) is 17.7. The van der Waals surface area contributed by atoms with Gasteiger partial charge >= 0.3 is 0 Å². The van der Waals surface area contributed by atoms with Gasteiger partial charge in [-0.2, -0.15) is 5.10 Å². The summed E-state index contributed by atoms with van der Waals surface area (Å²) < 4.78 is 3.86. The van der Waals surface area contributed by atoms with Crippen LogP contribution in [0, 0.1) is 5.92 Å². The quantitative estimate of drug-likeness (QED) is 0.715. The second-order valence-corrected chi connectivity index (χ2v) is 7.38. The Hall–Kier alpha value is -2.74. The predicted molar refractivity (Wildman–Crippen MR) is 101 cm³/mol. The van der Waals surface area contributed by atoms with Gasteiger partial charge in [-0.25, -0.2) is 4.52 Å². The van der Waals surface area contributed by atoms with Gasteiger partial charge in [-0.1, -0.05) is 19.9 Å². The number of nitrogens with zero attached hydrogens (tertiary/aromatic N) is 5. The lowest BCUT2D eigenvalue weighted by atomic mass is 10.0. The van der Waals surface area contributed by atoms with Crippen LogP contribution in [0.1, 0.15) is 48.4 Å². The molecule has 0 unspecified atom stereocenters. The van der Waals surface area contributed by atoms with Crippen LogP contribution in [0.5, 0.6) is 0 Å². The molecule has 0 aromatic carbocycles. The van der Waals surface area contributed by atoms with Crippen LogP contribution in [-0.4, -0.2) is 43.4 Å². The van der Waals surface area contributed by atoms with Crippen molar-refractivity contribution in [2.75, 3.05) is 13.1 Å². The molecule has 0 fully saturated rings. The maximum absolute atomic E-state index is 12.9. The molecule has 0 radical (unpaired) electrons. The van der Waals surface area contributed by atoms with Crippen LogP contribution in [0.3, 0.4) is 0 Å². The van der Waals surface area contributed by atoms with Crippen molar-refractivity contribution in [3.8, 4) is 0 Å². The van der Waals surface area contributed by atoms with E-state index in [-0.39, 0.29) is 11.9 Å². The Morgan fingerprint density at radius 1 is 1.30 bits per heavy atom. The average Bonchev–Trinajstić information content (AvgIpc) is 3.18. The molecule has 8 heteroatoms. The molecule has 3 aromatic heterocycles. The zero-order valence-corrected chi connectivity index (χ0v) is 15.7. The van der Waals surface area contributed by atoms with Crippen LogP contribution >= 0.6 is 0 Å². The molecule has 27 heavy (non-hydrogen) atoms. The second-order valence-electron chi connectivity index (χ2n) is 7.38. The summed E-state index contributed by atoms with van der Waals surface area (Å²) in [5.41, 5.74) is 1.30. The van der Waals surface area contributed by atoms with E-state index in [2.05, 4.69) is 44.3 Å². The van der Waals surface area contributed by atoms with Crippen LogP contribution in [0.2, 0.25) is 0 Å². The Morgan fingerprint density at radius 3 is 3.00 bits per heavy atom. The molecule has 142 valence electrons. The van der Waals surface area contributed by atoms with E-state index in [1.165, 1.54) is 0 Å². The van der Waals surface area contributed by atoms with Gasteiger partial charge in [0.15, 0.2) is 11.5 Å². The van der Waals surface area contributed by atoms with Crippen molar-refractivity contribution >= 4 is 11.4 Å². The first-order valence-electron chi connectivity index (χ1n) is 9.50. The average molecular weight is 367 g/mol. The molecule has 0 aliphatic carbocycles. The van der Waals surface area contributed by atoms with Crippen LogP contribution < -0.4 is 10.6 Å². The molecular formula is C19H25N7O. The number of carbonyl (C=O) groups is 1. The number of fused-ring (bicyclic) bond motifs is 2. The van der Waals surface area contributed by atoms with E-state index in [0.29, 0.717) is 11.6 Å². The number of amides is 1. The van der Waals surface area contributed by atoms with Crippen molar-refractivity contribution in [1.82, 2.24) is 35.0 Å². The zero-order chi connectivity index (χ0) is 18.8. The molecule has 1 amide bonds. The Bertz CT molecular complexity index is 910. The maximum atomic E-state index is 12.9. The molecule has 8 nitrogen and oxygen atoms in total. The first-order chi connectivity index (χ1) is 13.1. The van der Waals surface area contributed by atoms with Gasteiger partial charge in [0.25, 0.3) is 5.91 Å². The van der Waals surface area contributed by atoms with Crippen LogP contribution in [-0.2, 0) is 13.0 Å². The number of nitrogens with one attached hydrogen (secondary N) is 2. The fraction of sp³-hybridized carbons (Fsp3) is 0.474. The standard InChI is InChI=1S/C19H25N7O/c1-13(2)11-15(18-23-22-17-6-7-20-8-10-25(17)18)21-19(27)16-12-14-5-3-4-9-26(14)24-16/h3-5,9,12-13,15,20H,6-8,10-11H2,1-2H3,(H,21,27)/t15-/m1/s1. The van der Waals surface area contributed by atoms with E-state index in [1.54, 1.807) is 10.6 Å². The highest BCUT2D eigenvalue weighted by molar-refractivity contribution is 5.93. The molecule has 4 rings (SSSR count). The normalized spacial score (nSPS) is 15.5. The van der Waals surface area contributed by atoms with Crippen molar-refractivity contribution in [3.63, 3.8) is 0 Å². The van der Waals surface area contributed by atoms with E-state index in [1.807, 2.05) is 24.4 Å². The second kappa shape index (κ2) is 7.48. The number of carbonyl (C=O) groups excluding carboxylic acids is 1. The predicted octanol–water partition coefficient (Wildman–Crippen LogP) is 1.59. The van der Waals surface area contributed by atoms with Gasteiger partial charge in [-0.05, 0) is 30.5 Å². The zero-order valence-electron chi connectivity index (χ0n) is 15.7. The fourth-order valence-corrected chi connectivity index (χ4v) is 3.53. The SMILES string of the molecule is CC(C)C[C@@H](NC(=O)c1cc2ccccn2n1)c1nnc2n1CCNCC2. The lowest BCUT2D eigenvalue weighted by Crippen LogP contribution is -2.32. The van der Waals surface area contributed by atoms with Crippen molar-refractivity contribution in [1.29, 1.82) is 0 Å².